The van der Waals surface area contributed by atoms with Crippen molar-refractivity contribution in [2.45, 2.75) is 25.6 Å². The highest BCUT2D eigenvalue weighted by Gasteiger charge is 2.32. The van der Waals surface area contributed by atoms with Gasteiger partial charge in [0.2, 0.25) is 0 Å². The van der Waals surface area contributed by atoms with Crippen LogP contribution >= 0.6 is 0 Å². The average Bonchev–Trinajstić information content (AvgIpc) is 2.68. The Morgan fingerprint density at radius 1 is 1.30 bits per heavy atom. The van der Waals surface area contributed by atoms with E-state index in [0.29, 0.717) is 62.1 Å². The van der Waals surface area contributed by atoms with Gasteiger partial charge >= 0.3 is 0 Å². The lowest BCUT2D eigenvalue weighted by atomic mass is 10.2. The van der Waals surface area contributed by atoms with E-state index in [0.717, 1.165) is 6.54 Å². The number of ether oxygens (including phenoxy) is 1. The van der Waals surface area contributed by atoms with Crippen LogP contribution in [0.4, 0.5) is 0 Å². The summed E-state index contributed by atoms with van der Waals surface area (Å²) >= 11 is 0. The zero-order chi connectivity index (χ0) is 18.8. The van der Waals surface area contributed by atoms with Crippen LogP contribution in [0.3, 0.4) is 0 Å². The van der Waals surface area contributed by atoms with E-state index in [9.17, 15) is 9.59 Å². The lowest BCUT2D eigenvalue weighted by molar-refractivity contribution is -0.150. The van der Waals surface area contributed by atoms with Crippen LogP contribution in [0.25, 0.3) is 10.9 Å². The Morgan fingerprint density at radius 3 is 3.00 bits per heavy atom. The van der Waals surface area contributed by atoms with Gasteiger partial charge in [-0.2, -0.15) is 0 Å². The van der Waals surface area contributed by atoms with Crippen LogP contribution in [-0.4, -0.2) is 77.2 Å². The second kappa shape index (κ2) is 7.75. The maximum atomic E-state index is 12.8. The third-order valence-corrected chi connectivity index (χ3v) is 5.14. The van der Waals surface area contributed by atoms with Crippen LogP contribution in [0.1, 0.15) is 12.7 Å². The summed E-state index contributed by atoms with van der Waals surface area (Å²) in [5.74, 6) is 0.663. The van der Waals surface area contributed by atoms with Crippen molar-refractivity contribution in [1.29, 1.82) is 0 Å². The number of morpholine rings is 1. The van der Waals surface area contributed by atoms with Crippen molar-refractivity contribution in [3.8, 4) is 0 Å². The number of aromatic nitrogens is 2. The molecule has 2 saturated heterocycles. The summed E-state index contributed by atoms with van der Waals surface area (Å²) in [6.07, 6.45) is -0.462. The van der Waals surface area contributed by atoms with Gasteiger partial charge < -0.3 is 19.9 Å². The number of carbonyl (C=O) groups is 1. The Labute approximate surface area is 157 Å². The van der Waals surface area contributed by atoms with Gasteiger partial charge in [0, 0.05) is 38.8 Å². The highest BCUT2D eigenvalue weighted by atomic mass is 16.5. The molecular formula is C19H25N5O3. The number of nitrogens with zero attached hydrogens (tertiary/aromatic N) is 3. The standard InChI is InChI=1S/C19H25N5O3/c1-13-10-24(7-6-20-13)19(26)16-11-23(8-9-27-16)12-17-21-15-5-3-2-4-14(15)18(25)22-17/h2-5,13,16,20H,6-12H2,1H3,(H,21,22,25). The number of rotatable bonds is 3. The van der Waals surface area contributed by atoms with Crippen LogP contribution in [-0.2, 0) is 16.1 Å². The van der Waals surface area contributed by atoms with Crippen LogP contribution < -0.4 is 10.9 Å². The lowest BCUT2D eigenvalue weighted by Crippen LogP contribution is -2.57. The summed E-state index contributed by atoms with van der Waals surface area (Å²) in [4.78, 5) is 36.5. The molecule has 0 aliphatic carbocycles. The number of para-hydroxylation sites is 1. The first kappa shape index (κ1) is 18.1. The predicted octanol–water partition coefficient (Wildman–Crippen LogP) is -0.0558. The predicted molar refractivity (Wildman–Crippen MR) is 101 cm³/mol. The Morgan fingerprint density at radius 2 is 2.15 bits per heavy atom. The number of amides is 1. The molecule has 4 rings (SSSR count). The fraction of sp³-hybridized carbons (Fsp3) is 0.526. The van der Waals surface area contributed by atoms with Crippen LogP contribution in [0, 0.1) is 0 Å². The first-order chi connectivity index (χ1) is 13.1. The third kappa shape index (κ3) is 4.02. The minimum atomic E-state index is -0.462. The minimum absolute atomic E-state index is 0.0491. The Hall–Kier alpha value is -2.29. The zero-order valence-corrected chi connectivity index (χ0v) is 15.5. The molecule has 1 aromatic carbocycles. The Balaban J connectivity index is 1.44. The normalized spacial score (nSPS) is 24.3. The highest BCUT2D eigenvalue weighted by molar-refractivity contribution is 5.81. The molecule has 2 aliphatic heterocycles. The molecule has 27 heavy (non-hydrogen) atoms. The molecule has 1 aromatic heterocycles. The summed E-state index contributed by atoms with van der Waals surface area (Å²) in [6, 6.07) is 7.60. The first-order valence-electron chi connectivity index (χ1n) is 9.44. The number of benzene rings is 1. The van der Waals surface area contributed by atoms with Gasteiger partial charge in [-0.3, -0.25) is 14.5 Å². The summed E-state index contributed by atoms with van der Waals surface area (Å²) in [5.41, 5.74) is 0.554. The minimum Gasteiger partial charge on any atom is -0.366 e. The van der Waals surface area contributed by atoms with E-state index in [2.05, 4.69) is 27.1 Å². The van der Waals surface area contributed by atoms with Gasteiger partial charge in [0.05, 0.1) is 24.1 Å². The van der Waals surface area contributed by atoms with Crippen molar-refractivity contribution in [1.82, 2.24) is 25.1 Å². The zero-order valence-electron chi connectivity index (χ0n) is 15.5. The van der Waals surface area contributed by atoms with Gasteiger partial charge in [0.25, 0.3) is 11.5 Å². The van der Waals surface area contributed by atoms with Gasteiger partial charge in [-0.1, -0.05) is 12.1 Å². The van der Waals surface area contributed by atoms with Crippen molar-refractivity contribution >= 4 is 16.8 Å². The molecule has 2 aliphatic rings. The molecule has 3 heterocycles. The summed E-state index contributed by atoms with van der Waals surface area (Å²) < 4.78 is 5.74. The average molecular weight is 371 g/mol. The molecule has 2 aromatic rings. The smallest absolute Gasteiger partial charge is 0.258 e. The third-order valence-electron chi connectivity index (χ3n) is 5.14. The quantitative estimate of drug-likeness (QED) is 0.786. The number of hydrogen-bond donors (Lipinski definition) is 2. The van der Waals surface area contributed by atoms with E-state index in [1.165, 1.54) is 0 Å². The molecule has 0 bridgehead atoms. The molecule has 144 valence electrons. The summed E-state index contributed by atoms with van der Waals surface area (Å²) in [6.45, 7) is 6.51. The molecule has 2 atom stereocenters. The second-order valence-electron chi connectivity index (χ2n) is 7.26. The van der Waals surface area contributed by atoms with Gasteiger partial charge in [0.1, 0.15) is 11.9 Å². The van der Waals surface area contributed by atoms with E-state index in [-0.39, 0.29) is 11.5 Å². The molecule has 0 radical (unpaired) electrons. The van der Waals surface area contributed by atoms with Gasteiger partial charge in [-0.25, -0.2) is 4.98 Å². The van der Waals surface area contributed by atoms with E-state index in [1.807, 2.05) is 23.1 Å². The van der Waals surface area contributed by atoms with Crippen LogP contribution in [0.15, 0.2) is 29.1 Å². The number of piperazine rings is 1. The topological polar surface area (TPSA) is 90.6 Å². The molecule has 8 nitrogen and oxygen atoms in total. The largest absolute Gasteiger partial charge is 0.366 e. The molecule has 0 spiro atoms. The summed E-state index contributed by atoms with van der Waals surface area (Å²) in [7, 11) is 0. The SMILES string of the molecule is CC1CN(C(=O)C2CN(Cc3nc4ccccc4c(=O)[nH]3)CCO2)CCN1. The Kier molecular flexibility index (Phi) is 5.20. The van der Waals surface area contributed by atoms with Gasteiger partial charge in [-0.05, 0) is 19.1 Å². The van der Waals surface area contributed by atoms with E-state index in [4.69, 9.17) is 4.74 Å². The van der Waals surface area contributed by atoms with Crippen molar-refractivity contribution in [2.24, 2.45) is 0 Å². The molecule has 0 saturated carbocycles. The monoisotopic (exact) mass is 371 g/mol. The van der Waals surface area contributed by atoms with E-state index < -0.39 is 6.10 Å². The van der Waals surface area contributed by atoms with Crippen molar-refractivity contribution in [2.75, 3.05) is 39.3 Å². The fourth-order valence-electron chi connectivity index (χ4n) is 3.75. The summed E-state index contributed by atoms with van der Waals surface area (Å²) in [5, 5.41) is 3.93. The van der Waals surface area contributed by atoms with Gasteiger partial charge in [0.15, 0.2) is 0 Å². The van der Waals surface area contributed by atoms with E-state index in [1.54, 1.807) is 6.07 Å². The molecule has 8 heteroatoms. The number of hydrogen-bond acceptors (Lipinski definition) is 6. The maximum absolute atomic E-state index is 12.8. The number of H-pyrrole nitrogens is 1. The van der Waals surface area contributed by atoms with Crippen molar-refractivity contribution in [3.05, 3.63) is 40.4 Å². The Bertz CT molecular complexity index is 883. The number of nitrogens with one attached hydrogen (secondary N) is 2. The number of carbonyl (C=O) groups excluding carboxylic acids is 1. The first-order valence-corrected chi connectivity index (χ1v) is 9.44. The van der Waals surface area contributed by atoms with Crippen LogP contribution in [0.5, 0.6) is 0 Å². The number of aromatic amines is 1. The van der Waals surface area contributed by atoms with Gasteiger partial charge in [-0.15, -0.1) is 0 Å². The van der Waals surface area contributed by atoms with E-state index >= 15 is 0 Å². The number of fused-ring (bicyclic) bond motifs is 1. The van der Waals surface area contributed by atoms with Crippen LogP contribution in [0.2, 0.25) is 0 Å². The van der Waals surface area contributed by atoms with Crippen molar-refractivity contribution in [3.63, 3.8) is 0 Å². The lowest BCUT2D eigenvalue weighted by Gasteiger charge is -2.37. The molecule has 1 amide bonds. The molecular weight excluding hydrogens is 346 g/mol. The molecule has 2 unspecified atom stereocenters. The maximum Gasteiger partial charge on any atom is 0.258 e. The van der Waals surface area contributed by atoms with Crippen molar-refractivity contribution < 1.29 is 9.53 Å². The second-order valence-corrected chi connectivity index (χ2v) is 7.26. The molecule has 2 fully saturated rings. The molecule has 2 N–H and O–H groups in total. The highest BCUT2D eigenvalue weighted by Crippen LogP contribution is 2.13. The fourth-order valence-corrected chi connectivity index (χ4v) is 3.75.